The molecule has 6 heteroatoms. The van der Waals surface area contributed by atoms with E-state index in [4.69, 9.17) is 11.6 Å². The average Bonchev–Trinajstić information content (AvgIpc) is 2.94. The van der Waals surface area contributed by atoms with Crippen molar-refractivity contribution in [2.45, 2.75) is 25.4 Å². The number of ether oxygens (including phenoxy) is 1. The fourth-order valence-electron chi connectivity index (χ4n) is 2.54. The van der Waals surface area contributed by atoms with Crippen LogP contribution in [0.5, 0.6) is 0 Å². The van der Waals surface area contributed by atoms with Crippen LogP contribution in [0.2, 0.25) is 5.02 Å². The van der Waals surface area contributed by atoms with Crippen LogP contribution in [0.3, 0.4) is 0 Å². The molecule has 1 aromatic carbocycles. The Bertz CT molecular complexity index is 510. The fraction of sp³-hybridized carbons (Fsp3) is 0.533. The second kappa shape index (κ2) is 7.00. The van der Waals surface area contributed by atoms with E-state index in [0.717, 1.165) is 35.8 Å². The lowest BCUT2D eigenvalue weighted by molar-refractivity contribution is 0.167. The molecule has 1 saturated heterocycles. The van der Waals surface area contributed by atoms with Crippen LogP contribution in [0.1, 0.15) is 24.9 Å². The van der Waals surface area contributed by atoms with Gasteiger partial charge in [-0.25, -0.2) is 4.79 Å². The van der Waals surface area contributed by atoms with Crippen molar-refractivity contribution in [2.24, 2.45) is 0 Å². The summed E-state index contributed by atoms with van der Waals surface area (Å²) < 4.78 is 4.63. The van der Waals surface area contributed by atoms with Gasteiger partial charge in [0.1, 0.15) is 0 Å². The van der Waals surface area contributed by atoms with Gasteiger partial charge in [0.05, 0.1) is 23.9 Å². The summed E-state index contributed by atoms with van der Waals surface area (Å²) >= 11 is 6.41. The summed E-state index contributed by atoms with van der Waals surface area (Å²) in [4.78, 5) is 13.4. The molecule has 1 fully saturated rings. The summed E-state index contributed by atoms with van der Waals surface area (Å²) in [5, 5.41) is 6.77. The highest BCUT2D eigenvalue weighted by Gasteiger charge is 2.25. The second-order valence-electron chi connectivity index (χ2n) is 5.29. The first-order chi connectivity index (χ1) is 10.0. The summed E-state index contributed by atoms with van der Waals surface area (Å²) in [5.41, 5.74) is 2.17. The van der Waals surface area contributed by atoms with E-state index >= 15 is 0 Å². The van der Waals surface area contributed by atoms with E-state index < -0.39 is 0 Å². The van der Waals surface area contributed by atoms with Crippen LogP contribution in [-0.4, -0.2) is 39.4 Å². The van der Waals surface area contributed by atoms with Gasteiger partial charge in [-0.15, -0.1) is 0 Å². The molecule has 2 N–H and O–H groups in total. The molecule has 0 saturated carbocycles. The molecule has 0 radical (unpaired) electrons. The number of nitrogens with zero attached hydrogens (tertiary/aromatic N) is 1. The summed E-state index contributed by atoms with van der Waals surface area (Å²) in [6, 6.07) is 6.50. The molecule has 2 rings (SSSR count). The highest BCUT2D eigenvalue weighted by atomic mass is 35.5. The van der Waals surface area contributed by atoms with Crippen molar-refractivity contribution in [3.05, 3.63) is 28.8 Å². The average molecular weight is 312 g/mol. The predicted molar refractivity (Wildman–Crippen MR) is 85.1 cm³/mol. The van der Waals surface area contributed by atoms with E-state index in [1.807, 2.05) is 19.2 Å². The molecule has 1 aliphatic rings. The van der Waals surface area contributed by atoms with Crippen molar-refractivity contribution in [2.75, 3.05) is 32.1 Å². The largest absolute Gasteiger partial charge is 0.453 e. The third kappa shape index (κ3) is 3.80. The normalized spacial score (nSPS) is 19.4. The number of rotatable bonds is 4. The Morgan fingerprint density at radius 3 is 2.90 bits per heavy atom. The maximum atomic E-state index is 11.2. The van der Waals surface area contributed by atoms with Gasteiger partial charge in [0, 0.05) is 19.1 Å². The summed E-state index contributed by atoms with van der Waals surface area (Å²) in [7, 11) is 3.30. The lowest BCUT2D eigenvalue weighted by Gasteiger charge is -2.21. The number of alkyl carbamates (subject to hydrolysis) is 1. The predicted octanol–water partition coefficient (Wildman–Crippen LogP) is 2.56. The Balaban J connectivity index is 2.04. The van der Waals surface area contributed by atoms with Crippen LogP contribution < -0.4 is 15.5 Å². The Labute approximate surface area is 130 Å². The lowest BCUT2D eigenvalue weighted by atomic mass is 10.1. The van der Waals surface area contributed by atoms with Crippen molar-refractivity contribution in [3.63, 3.8) is 0 Å². The molecular weight excluding hydrogens is 290 g/mol. The lowest BCUT2D eigenvalue weighted by Crippen LogP contribution is -2.37. The molecule has 2 atom stereocenters. The van der Waals surface area contributed by atoms with Gasteiger partial charge >= 0.3 is 6.09 Å². The van der Waals surface area contributed by atoms with Gasteiger partial charge < -0.3 is 20.3 Å². The van der Waals surface area contributed by atoms with Gasteiger partial charge in [-0.05, 0) is 38.1 Å². The summed E-state index contributed by atoms with van der Waals surface area (Å²) in [6.07, 6.45) is 0.506. The Hall–Kier alpha value is -1.46. The molecular formula is C15H22ClN3O2. The highest BCUT2D eigenvalue weighted by molar-refractivity contribution is 6.33. The molecule has 1 aromatic rings. The number of carbonyl (C=O) groups is 1. The summed E-state index contributed by atoms with van der Waals surface area (Å²) in [6.45, 7) is 3.71. The van der Waals surface area contributed by atoms with Crippen LogP contribution in [0.25, 0.3) is 0 Å². The molecule has 0 bridgehead atoms. The van der Waals surface area contributed by atoms with Crippen molar-refractivity contribution in [1.82, 2.24) is 10.6 Å². The first-order valence-corrected chi connectivity index (χ1v) is 7.49. The van der Waals surface area contributed by atoms with Crippen molar-refractivity contribution < 1.29 is 9.53 Å². The number of nitrogens with one attached hydrogen (secondary N) is 2. The maximum absolute atomic E-state index is 11.2. The standard InChI is InChI=1S/C15H22ClN3O2/c1-10(17-2)11-4-5-14(13(16)8-11)19-7-6-12(9-19)18-15(20)21-3/h4-5,8,10,12,17H,6-7,9H2,1-3H3,(H,18,20). The van der Waals surface area contributed by atoms with Gasteiger partial charge in [-0.3, -0.25) is 0 Å². The third-order valence-corrected chi connectivity index (χ3v) is 4.24. The minimum atomic E-state index is -0.383. The third-order valence-electron chi connectivity index (χ3n) is 3.94. The Morgan fingerprint density at radius 1 is 1.52 bits per heavy atom. The zero-order valence-electron chi connectivity index (χ0n) is 12.6. The minimum Gasteiger partial charge on any atom is -0.453 e. The van der Waals surface area contributed by atoms with E-state index in [1.165, 1.54) is 7.11 Å². The van der Waals surface area contributed by atoms with Crippen LogP contribution >= 0.6 is 11.6 Å². The number of methoxy groups -OCH3 is 1. The first kappa shape index (κ1) is 15.9. The van der Waals surface area contributed by atoms with Crippen molar-refractivity contribution in [3.8, 4) is 0 Å². The second-order valence-corrected chi connectivity index (χ2v) is 5.70. The topological polar surface area (TPSA) is 53.6 Å². The van der Waals surface area contributed by atoms with Crippen molar-refractivity contribution in [1.29, 1.82) is 0 Å². The van der Waals surface area contributed by atoms with Crippen LogP contribution in [-0.2, 0) is 4.74 Å². The number of halogens is 1. The zero-order chi connectivity index (χ0) is 15.4. The number of carbonyl (C=O) groups excluding carboxylic acids is 1. The van der Waals surface area contributed by atoms with E-state index in [2.05, 4.69) is 33.3 Å². The maximum Gasteiger partial charge on any atom is 0.407 e. The van der Waals surface area contributed by atoms with Crippen LogP contribution in [0.4, 0.5) is 10.5 Å². The van der Waals surface area contributed by atoms with Crippen molar-refractivity contribution >= 4 is 23.4 Å². The molecule has 2 unspecified atom stereocenters. The number of benzene rings is 1. The number of hydrogen-bond acceptors (Lipinski definition) is 4. The smallest absolute Gasteiger partial charge is 0.407 e. The molecule has 21 heavy (non-hydrogen) atoms. The van der Waals surface area contributed by atoms with E-state index in [0.29, 0.717) is 0 Å². The molecule has 1 aliphatic heterocycles. The highest BCUT2D eigenvalue weighted by Crippen LogP contribution is 2.31. The molecule has 0 spiro atoms. The molecule has 5 nitrogen and oxygen atoms in total. The van der Waals surface area contributed by atoms with E-state index in [1.54, 1.807) is 0 Å². The molecule has 0 aromatic heterocycles. The summed E-state index contributed by atoms with van der Waals surface area (Å²) in [5.74, 6) is 0. The first-order valence-electron chi connectivity index (χ1n) is 7.11. The molecule has 1 amide bonds. The van der Waals surface area contributed by atoms with Gasteiger partial charge in [0.2, 0.25) is 0 Å². The van der Waals surface area contributed by atoms with E-state index in [-0.39, 0.29) is 18.2 Å². The number of anilines is 1. The monoisotopic (exact) mass is 311 g/mol. The van der Waals surface area contributed by atoms with Crippen LogP contribution in [0, 0.1) is 0 Å². The minimum absolute atomic E-state index is 0.101. The Morgan fingerprint density at radius 2 is 2.29 bits per heavy atom. The van der Waals surface area contributed by atoms with Crippen LogP contribution in [0.15, 0.2) is 18.2 Å². The molecule has 0 aliphatic carbocycles. The fourth-order valence-corrected chi connectivity index (χ4v) is 2.85. The molecule has 116 valence electrons. The number of amides is 1. The Kier molecular flexibility index (Phi) is 5.31. The molecule has 1 heterocycles. The zero-order valence-corrected chi connectivity index (χ0v) is 13.4. The van der Waals surface area contributed by atoms with Gasteiger partial charge in [-0.2, -0.15) is 0 Å². The van der Waals surface area contributed by atoms with Gasteiger partial charge in [-0.1, -0.05) is 17.7 Å². The van der Waals surface area contributed by atoms with Gasteiger partial charge in [0.25, 0.3) is 0 Å². The quantitative estimate of drug-likeness (QED) is 0.897. The van der Waals surface area contributed by atoms with Gasteiger partial charge in [0.15, 0.2) is 0 Å². The van der Waals surface area contributed by atoms with E-state index in [9.17, 15) is 4.79 Å². The number of hydrogen-bond donors (Lipinski definition) is 2. The SMILES string of the molecule is CNC(C)c1ccc(N2CCC(NC(=O)OC)C2)c(Cl)c1.